The summed E-state index contributed by atoms with van der Waals surface area (Å²) in [6.45, 7) is 0. The minimum Gasteiger partial charge on any atom is -0.610 e. The molecule has 2 N–H and O–H groups in total. The zero-order valence-electron chi connectivity index (χ0n) is 4.70. The van der Waals surface area contributed by atoms with Crippen LogP contribution in [0.5, 0.6) is 0 Å². The van der Waals surface area contributed by atoms with E-state index in [2.05, 4.69) is 10.3 Å². The van der Waals surface area contributed by atoms with Crippen molar-refractivity contribution in [2.45, 2.75) is 0 Å². The number of nitrogens with one attached hydrogen (secondary N) is 1. The molecule has 0 heterocycles. The standard InChI is InChI=1S/C2H8N4O2/c1-4-5(3)6(7)8-2/h3,7H,1-2H3/q-2. The lowest BCUT2D eigenvalue weighted by Crippen LogP contribution is -2.29. The quantitative estimate of drug-likeness (QED) is 0.545. The molecule has 8 heavy (non-hydrogen) atoms. The molecule has 6 heteroatoms. The van der Waals surface area contributed by atoms with Gasteiger partial charge in [-0.1, -0.05) is 0 Å². The molecule has 0 aliphatic rings. The molecular weight excluding hydrogens is 112 g/mol. The third-order valence-corrected chi connectivity index (χ3v) is 0.515. The number of rotatable bonds is 3. The highest BCUT2D eigenvalue weighted by Gasteiger charge is 1.85. The predicted octanol–water partition coefficient (Wildman–Crippen LogP) is 0.342. The molecule has 0 radical (unpaired) electrons. The maximum atomic E-state index is 8.38. The van der Waals surface area contributed by atoms with Crippen LogP contribution in [0.3, 0.4) is 0 Å². The number of hydrogen-bond acceptors (Lipinski definition) is 4. The predicted molar refractivity (Wildman–Crippen MR) is 26.1 cm³/mol. The third kappa shape index (κ3) is 2.17. The maximum absolute atomic E-state index is 8.38. The summed E-state index contributed by atoms with van der Waals surface area (Å²) in [6.07, 6.45) is 0. The minimum absolute atomic E-state index is 0.181. The summed E-state index contributed by atoms with van der Waals surface area (Å²) in [5.41, 5.74) is 3.21. The largest absolute Gasteiger partial charge is 0.610 e. The van der Waals surface area contributed by atoms with Crippen LogP contribution in [0.15, 0.2) is 0 Å². The fraction of sp³-hybridized carbons (Fsp3) is 1.00. The first-order valence-corrected chi connectivity index (χ1v) is 1.86. The van der Waals surface area contributed by atoms with Crippen molar-refractivity contribution in [1.82, 2.24) is 10.6 Å². The van der Waals surface area contributed by atoms with Gasteiger partial charge in [0.15, 0.2) is 0 Å². The van der Waals surface area contributed by atoms with Gasteiger partial charge in [-0.2, -0.15) is 7.05 Å². The summed E-state index contributed by atoms with van der Waals surface area (Å²) in [6, 6.07) is 0. The topological polar surface area (TPSA) is 73.8 Å². The van der Waals surface area contributed by atoms with Gasteiger partial charge in [-0.25, -0.2) is 0 Å². The molecule has 50 valence electrons. The second kappa shape index (κ2) is 3.72. The van der Waals surface area contributed by atoms with Gasteiger partial charge in [0.2, 0.25) is 0 Å². The maximum Gasteiger partial charge on any atom is 0.0615 e. The second-order valence-electron chi connectivity index (χ2n) is 0.925. The molecule has 0 amide bonds. The summed E-state index contributed by atoms with van der Waals surface area (Å²) in [4.78, 5) is 4.14. The summed E-state index contributed by atoms with van der Waals surface area (Å²) in [7, 11) is 2.56. The Hall–Kier alpha value is -0.240. The highest BCUT2D eigenvalue weighted by Crippen LogP contribution is 1.96. The van der Waals surface area contributed by atoms with Crippen LogP contribution in [0, 0.1) is 0 Å². The van der Waals surface area contributed by atoms with Crippen LogP contribution in [0.2, 0.25) is 0 Å². The van der Waals surface area contributed by atoms with Gasteiger partial charge < -0.3 is 16.5 Å². The Morgan fingerprint density at radius 3 is 2.38 bits per heavy atom. The molecule has 0 saturated heterocycles. The Labute approximate surface area is 47.2 Å². The zero-order chi connectivity index (χ0) is 6.57. The molecule has 0 atom stereocenters. The molecule has 0 bridgehead atoms. The van der Waals surface area contributed by atoms with Crippen molar-refractivity contribution < 1.29 is 10.0 Å². The lowest BCUT2D eigenvalue weighted by Gasteiger charge is -2.42. The van der Waals surface area contributed by atoms with Gasteiger partial charge in [0.1, 0.15) is 0 Å². The van der Waals surface area contributed by atoms with Crippen molar-refractivity contribution in [3.05, 3.63) is 11.3 Å². The van der Waals surface area contributed by atoms with Crippen molar-refractivity contribution in [1.29, 1.82) is 0 Å². The highest BCUT2D eigenvalue weighted by molar-refractivity contribution is 4.59. The minimum atomic E-state index is 0.181. The highest BCUT2D eigenvalue weighted by atomic mass is 16.9. The van der Waals surface area contributed by atoms with Gasteiger partial charge in [-0.05, 0) is 5.34 Å². The van der Waals surface area contributed by atoms with Gasteiger partial charge in [-0.3, -0.25) is 10.0 Å². The Balaban J connectivity index is 3.29. The lowest BCUT2D eigenvalue weighted by molar-refractivity contribution is -0.409. The molecular formula is C2H8N4O2-2. The molecule has 0 fully saturated rings. The Morgan fingerprint density at radius 1 is 1.75 bits per heavy atom. The van der Waals surface area contributed by atoms with Crippen LogP contribution in [0.1, 0.15) is 0 Å². The monoisotopic (exact) mass is 120 g/mol. The molecule has 0 rings (SSSR count). The molecule has 0 spiro atoms. The lowest BCUT2D eigenvalue weighted by atomic mass is 11.5. The molecule has 0 aliphatic heterocycles. The van der Waals surface area contributed by atoms with Gasteiger partial charge >= 0.3 is 0 Å². The first-order valence-electron chi connectivity index (χ1n) is 1.86. The summed E-state index contributed by atoms with van der Waals surface area (Å²) in [5, 5.41) is 8.95. The van der Waals surface area contributed by atoms with E-state index in [0.717, 1.165) is 0 Å². The SMILES string of the molecule is C[N-]N([NH-])N(O)OC. The number of hydrogen-bond donors (Lipinski definition) is 1. The van der Waals surface area contributed by atoms with E-state index in [-0.39, 0.29) is 5.34 Å². The summed E-state index contributed by atoms with van der Waals surface area (Å²) in [5.74, 6) is 6.64. The molecule has 0 saturated carbocycles. The molecule has 0 aromatic rings. The Bertz CT molecular complexity index is 52.0. The van der Waals surface area contributed by atoms with Crippen LogP contribution >= 0.6 is 0 Å². The smallest absolute Gasteiger partial charge is 0.0615 e. The Morgan fingerprint density at radius 2 is 2.25 bits per heavy atom. The van der Waals surface area contributed by atoms with E-state index in [0.29, 0.717) is 5.23 Å². The average Bonchev–Trinajstić information content (AvgIpc) is 1.84. The fourth-order valence-corrected chi connectivity index (χ4v) is 0.154. The van der Waals surface area contributed by atoms with E-state index < -0.39 is 0 Å². The van der Waals surface area contributed by atoms with Crippen molar-refractivity contribution in [3.8, 4) is 0 Å². The molecule has 6 nitrogen and oxygen atoms in total. The van der Waals surface area contributed by atoms with Crippen LogP contribution in [0.25, 0.3) is 11.3 Å². The van der Waals surface area contributed by atoms with Gasteiger partial charge in [-0.15, -0.1) is 0 Å². The average molecular weight is 120 g/mol. The van der Waals surface area contributed by atoms with Crippen molar-refractivity contribution in [2.24, 2.45) is 0 Å². The van der Waals surface area contributed by atoms with Crippen molar-refractivity contribution >= 4 is 0 Å². The zero-order valence-corrected chi connectivity index (χ0v) is 4.70. The van der Waals surface area contributed by atoms with E-state index in [1.165, 1.54) is 14.2 Å². The van der Waals surface area contributed by atoms with Crippen molar-refractivity contribution in [2.75, 3.05) is 14.2 Å². The normalized spacial score (nSPS) is 11.2. The summed E-state index contributed by atoms with van der Waals surface area (Å²) >= 11 is 0. The number of hydrazine groups is 1. The van der Waals surface area contributed by atoms with Gasteiger partial charge in [0, 0.05) is 0 Å². The third-order valence-electron chi connectivity index (χ3n) is 0.515. The second-order valence-corrected chi connectivity index (χ2v) is 0.925. The fourth-order valence-electron chi connectivity index (χ4n) is 0.154. The molecule has 0 aliphatic carbocycles. The van der Waals surface area contributed by atoms with E-state index >= 15 is 0 Å². The number of nitrogens with zero attached hydrogens (tertiary/aromatic N) is 3. The van der Waals surface area contributed by atoms with Gasteiger partial charge in [0.05, 0.1) is 7.11 Å². The van der Waals surface area contributed by atoms with E-state index in [1.54, 1.807) is 0 Å². The molecule has 0 aromatic heterocycles. The van der Waals surface area contributed by atoms with Crippen LogP contribution in [-0.2, 0) is 4.84 Å². The molecule has 0 unspecified atom stereocenters. The van der Waals surface area contributed by atoms with Crippen LogP contribution in [-0.4, -0.2) is 29.9 Å². The van der Waals surface area contributed by atoms with Gasteiger partial charge in [0.25, 0.3) is 0 Å². The van der Waals surface area contributed by atoms with E-state index in [4.69, 9.17) is 11.0 Å². The first-order chi connectivity index (χ1) is 3.72. The van der Waals surface area contributed by atoms with Crippen molar-refractivity contribution in [3.63, 3.8) is 0 Å². The van der Waals surface area contributed by atoms with Crippen LogP contribution in [0.4, 0.5) is 0 Å². The van der Waals surface area contributed by atoms with E-state index in [1.807, 2.05) is 0 Å². The van der Waals surface area contributed by atoms with Crippen LogP contribution < -0.4 is 0 Å². The Kier molecular flexibility index (Phi) is 3.61. The first kappa shape index (κ1) is 7.76. The van der Waals surface area contributed by atoms with E-state index in [9.17, 15) is 0 Å². The molecule has 0 aromatic carbocycles. The summed E-state index contributed by atoms with van der Waals surface area (Å²) < 4.78 is 0.